The maximum atomic E-state index is 12.6. The third kappa shape index (κ3) is 2.37. The molecule has 0 spiro atoms. The van der Waals surface area contributed by atoms with Crippen LogP contribution >= 0.6 is 0 Å². The fourth-order valence-corrected chi connectivity index (χ4v) is 2.08. The summed E-state index contributed by atoms with van der Waals surface area (Å²) in [6.07, 6.45) is 2.70. The summed E-state index contributed by atoms with van der Waals surface area (Å²) >= 11 is 0. The summed E-state index contributed by atoms with van der Waals surface area (Å²) in [5.74, 6) is 2.86. The molecule has 0 bridgehead atoms. The van der Waals surface area contributed by atoms with Gasteiger partial charge in [-0.05, 0) is 36.6 Å². The Morgan fingerprint density at radius 3 is 2.89 bits per heavy atom. The normalized spacial score (nSPS) is 21.9. The van der Waals surface area contributed by atoms with Gasteiger partial charge in [0, 0.05) is 5.92 Å². The van der Waals surface area contributed by atoms with Crippen LogP contribution in [-0.2, 0) is 6.54 Å². The molecule has 94 valence electrons. The average Bonchev–Trinajstić information content (AvgIpc) is 2.92. The summed E-state index contributed by atoms with van der Waals surface area (Å²) in [6, 6.07) is 7.04. The molecule has 1 fully saturated rings. The van der Waals surface area contributed by atoms with Gasteiger partial charge in [-0.15, -0.1) is 0 Å². The van der Waals surface area contributed by atoms with Crippen molar-refractivity contribution in [2.24, 2.45) is 5.92 Å². The summed E-state index contributed by atoms with van der Waals surface area (Å²) in [4.78, 5) is 3.58. The zero-order chi connectivity index (χ0) is 12.5. The van der Waals surface area contributed by atoms with Crippen LogP contribution in [0.5, 0.6) is 0 Å². The molecule has 1 aliphatic rings. The van der Waals surface area contributed by atoms with E-state index in [9.17, 15) is 4.39 Å². The van der Waals surface area contributed by atoms with Crippen LogP contribution in [0, 0.1) is 11.9 Å². The second kappa shape index (κ2) is 4.44. The van der Waals surface area contributed by atoms with Gasteiger partial charge in [-0.2, -0.15) is 4.39 Å². The molecule has 2 aromatic heterocycles. The van der Waals surface area contributed by atoms with Crippen molar-refractivity contribution in [2.45, 2.75) is 25.8 Å². The summed E-state index contributed by atoms with van der Waals surface area (Å²) in [5.41, 5.74) is 0.786. The van der Waals surface area contributed by atoms with Gasteiger partial charge in [0.05, 0.1) is 18.4 Å². The van der Waals surface area contributed by atoms with E-state index in [-0.39, 0.29) is 0 Å². The molecule has 4 heteroatoms. The largest absolute Gasteiger partial charge is 0.464 e. The Morgan fingerprint density at radius 1 is 1.39 bits per heavy atom. The van der Waals surface area contributed by atoms with E-state index in [2.05, 4.69) is 17.2 Å². The Morgan fingerprint density at radius 2 is 2.22 bits per heavy atom. The fraction of sp³-hybridized carbons (Fsp3) is 0.357. The highest BCUT2D eigenvalue weighted by Gasteiger charge is 2.36. The van der Waals surface area contributed by atoms with Crippen molar-refractivity contribution in [1.82, 2.24) is 4.98 Å². The number of pyridine rings is 1. The molecule has 1 saturated carbocycles. The smallest absolute Gasteiger partial charge is 0.212 e. The highest BCUT2D eigenvalue weighted by atomic mass is 19.1. The lowest BCUT2D eigenvalue weighted by molar-refractivity contribution is 0.468. The second-order valence-corrected chi connectivity index (χ2v) is 4.85. The fourth-order valence-electron chi connectivity index (χ4n) is 2.08. The molecule has 2 unspecified atom stereocenters. The van der Waals surface area contributed by atoms with Crippen LogP contribution in [0.1, 0.15) is 30.8 Å². The quantitative estimate of drug-likeness (QED) is 0.838. The molecule has 18 heavy (non-hydrogen) atoms. The zero-order valence-corrected chi connectivity index (χ0v) is 10.2. The lowest BCUT2D eigenvalue weighted by atomic mass is 10.3. The Kier molecular flexibility index (Phi) is 2.78. The SMILES string of the molecule is CC1CC1c1ccc(CNc2ccc(F)nc2)o1. The number of anilines is 1. The van der Waals surface area contributed by atoms with Crippen molar-refractivity contribution < 1.29 is 8.81 Å². The van der Waals surface area contributed by atoms with Gasteiger partial charge in [-0.1, -0.05) is 6.92 Å². The molecule has 0 amide bonds. The van der Waals surface area contributed by atoms with E-state index in [1.165, 1.54) is 18.7 Å². The molecule has 3 rings (SSSR count). The molecule has 2 heterocycles. The van der Waals surface area contributed by atoms with Crippen LogP contribution < -0.4 is 5.32 Å². The van der Waals surface area contributed by atoms with Crippen LogP contribution in [0.2, 0.25) is 0 Å². The summed E-state index contributed by atoms with van der Waals surface area (Å²) in [5, 5.41) is 3.15. The van der Waals surface area contributed by atoms with Gasteiger partial charge in [0.2, 0.25) is 5.95 Å². The van der Waals surface area contributed by atoms with Gasteiger partial charge >= 0.3 is 0 Å². The Bertz CT molecular complexity index is 535. The minimum atomic E-state index is -0.469. The predicted octanol–water partition coefficient (Wildman–Crippen LogP) is 3.55. The van der Waals surface area contributed by atoms with Gasteiger partial charge in [0.1, 0.15) is 11.5 Å². The van der Waals surface area contributed by atoms with E-state index >= 15 is 0 Å². The molecule has 0 radical (unpaired) electrons. The topological polar surface area (TPSA) is 38.1 Å². The maximum absolute atomic E-state index is 12.6. The Hall–Kier alpha value is -1.84. The Balaban J connectivity index is 1.59. The molecule has 0 aromatic carbocycles. The first-order valence-electron chi connectivity index (χ1n) is 6.16. The number of aromatic nitrogens is 1. The number of nitrogens with zero attached hydrogens (tertiary/aromatic N) is 1. The van der Waals surface area contributed by atoms with Crippen LogP contribution in [0.3, 0.4) is 0 Å². The van der Waals surface area contributed by atoms with E-state index < -0.39 is 5.95 Å². The van der Waals surface area contributed by atoms with E-state index in [0.29, 0.717) is 12.5 Å². The van der Waals surface area contributed by atoms with Crippen LogP contribution in [0.4, 0.5) is 10.1 Å². The molecule has 2 aromatic rings. The molecule has 1 N–H and O–H groups in total. The molecule has 2 atom stereocenters. The van der Waals surface area contributed by atoms with Crippen molar-refractivity contribution in [3.63, 3.8) is 0 Å². The standard InChI is InChI=1S/C14H15FN2O/c1-9-6-12(9)13-4-3-11(18-13)8-16-10-2-5-14(15)17-7-10/h2-5,7,9,12,16H,6,8H2,1H3. The number of rotatable bonds is 4. The highest BCUT2D eigenvalue weighted by molar-refractivity contribution is 5.40. The van der Waals surface area contributed by atoms with Gasteiger partial charge in [-0.3, -0.25) is 0 Å². The Labute approximate surface area is 105 Å². The molecular formula is C14H15FN2O. The molecule has 1 aliphatic carbocycles. The van der Waals surface area contributed by atoms with Crippen molar-refractivity contribution in [3.8, 4) is 0 Å². The summed E-state index contributed by atoms with van der Waals surface area (Å²) in [7, 11) is 0. The number of halogens is 1. The van der Waals surface area contributed by atoms with Gasteiger partial charge < -0.3 is 9.73 Å². The number of hydrogen-bond donors (Lipinski definition) is 1. The average molecular weight is 246 g/mol. The lowest BCUT2D eigenvalue weighted by Crippen LogP contribution is -1.98. The first kappa shape index (κ1) is 11.3. The second-order valence-electron chi connectivity index (χ2n) is 4.85. The van der Waals surface area contributed by atoms with Gasteiger partial charge in [0.15, 0.2) is 0 Å². The number of nitrogens with one attached hydrogen (secondary N) is 1. The van der Waals surface area contributed by atoms with Crippen molar-refractivity contribution in [1.29, 1.82) is 0 Å². The minimum absolute atomic E-state index is 0.469. The van der Waals surface area contributed by atoms with Crippen LogP contribution in [0.15, 0.2) is 34.9 Å². The van der Waals surface area contributed by atoms with Gasteiger partial charge in [0.25, 0.3) is 0 Å². The van der Waals surface area contributed by atoms with E-state index in [1.54, 1.807) is 6.07 Å². The first-order chi connectivity index (χ1) is 8.72. The highest BCUT2D eigenvalue weighted by Crippen LogP contribution is 2.47. The van der Waals surface area contributed by atoms with E-state index in [0.717, 1.165) is 23.1 Å². The third-order valence-corrected chi connectivity index (χ3v) is 3.35. The number of hydrogen-bond acceptors (Lipinski definition) is 3. The van der Waals surface area contributed by atoms with E-state index in [4.69, 9.17) is 4.42 Å². The van der Waals surface area contributed by atoms with Gasteiger partial charge in [-0.25, -0.2) is 4.98 Å². The van der Waals surface area contributed by atoms with Crippen LogP contribution in [-0.4, -0.2) is 4.98 Å². The van der Waals surface area contributed by atoms with E-state index in [1.807, 2.05) is 12.1 Å². The number of furan rings is 1. The van der Waals surface area contributed by atoms with Crippen molar-refractivity contribution >= 4 is 5.69 Å². The maximum Gasteiger partial charge on any atom is 0.212 e. The molecule has 0 aliphatic heterocycles. The van der Waals surface area contributed by atoms with Crippen LogP contribution in [0.25, 0.3) is 0 Å². The molecular weight excluding hydrogens is 231 g/mol. The predicted molar refractivity (Wildman–Crippen MR) is 66.8 cm³/mol. The summed E-state index contributed by atoms with van der Waals surface area (Å²) < 4.78 is 18.4. The molecule has 3 nitrogen and oxygen atoms in total. The first-order valence-corrected chi connectivity index (χ1v) is 6.16. The molecule has 0 saturated heterocycles. The monoisotopic (exact) mass is 246 g/mol. The summed E-state index contributed by atoms with van der Waals surface area (Å²) in [6.45, 7) is 2.82. The van der Waals surface area contributed by atoms with Crippen molar-refractivity contribution in [2.75, 3.05) is 5.32 Å². The lowest BCUT2D eigenvalue weighted by Gasteiger charge is -2.03. The van der Waals surface area contributed by atoms with Crippen molar-refractivity contribution in [3.05, 3.63) is 47.9 Å². The third-order valence-electron chi connectivity index (χ3n) is 3.35. The minimum Gasteiger partial charge on any atom is -0.464 e. The zero-order valence-electron chi connectivity index (χ0n) is 10.2.